The van der Waals surface area contributed by atoms with Gasteiger partial charge in [0.2, 0.25) is 0 Å². The van der Waals surface area contributed by atoms with Crippen molar-refractivity contribution in [2.45, 2.75) is 0 Å². The maximum absolute atomic E-state index is 10.5. The van der Waals surface area contributed by atoms with Crippen molar-refractivity contribution in [1.82, 2.24) is 4.57 Å². The minimum absolute atomic E-state index is 0.538. The molecule has 224 valence electrons. The number of hydrogen-bond acceptors (Lipinski definition) is 2. The number of fused-ring (bicyclic) bond motifs is 3. The molecule has 0 spiro atoms. The standard InChI is InChI=1S/C44H29N3Si/c45-30-32-26-34(28-35(27-32)47-43-22-12-10-20-40(43)41-21-11-13-23-44(41)47)42-29-39(25-24-33(42)31-46)48(36-14-4-1-5-15-36,37-16-6-2-7-17-37)38-18-8-3-9-19-38/h1-29H. The summed E-state index contributed by atoms with van der Waals surface area (Å²) in [5.41, 5.74) is 5.77. The number of para-hydroxylation sites is 2. The molecule has 0 saturated heterocycles. The highest BCUT2D eigenvalue weighted by molar-refractivity contribution is 7.19. The molecule has 0 aliphatic rings. The lowest BCUT2D eigenvalue weighted by Crippen LogP contribution is -2.74. The average molecular weight is 628 g/mol. The summed E-state index contributed by atoms with van der Waals surface area (Å²) in [5, 5.41) is 28.0. The van der Waals surface area contributed by atoms with Crippen LogP contribution < -0.4 is 20.7 Å². The molecular weight excluding hydrogens is 599 g/mol. The van der Waals surface area contributed by atoms with E-state index in [0.717, 1.165) is 38.6 Å². The molecule has 48 heavy (non-hydrogen) atoms. The number of hydrogen-bond donors (Lipinski definition) is 0. The minimum Gasteiger partial charge on any atom is -0.309 e. The molecule has 0 saturated carbocycles. The van der Waals surface area contributed by atoms with Gasteiger partial charge < -0.3 is 4.57 Å². The number of nitrogens with zero attached hydrogens (tertiary/aromatic N) is 3. The molecule has 0 aliphatic carbocycles. The van der Waals surface area contributed by atoms with Gasteiger partial charge in [0.25, 0.3) is 0 Å². The number of rotatable bonds is 6. The molecule has 1 heterocycles. The van der Waals surface area contributed by atoms with Crippen molar-refractivity contribution < 1.29 is 0 Å². The highest BCUT2D eigenvalue weighted by Gasteiger charge is 2.41. The van der Waals surface area contributed by atoms with Crippen LogP contribution in [0.1, 0.15) is 11.1 Å². The third kappa shape index (κ3) is 4.64. The van der Waals surface area contributed by atoms with E-state index in [1.807, 2.05) is 30.3 Å². The van der Waals surface area contributed by atoms with E-state index in [-0.39, 0.29) is 0 Å². The Morgan fingerprint density at radius 2 is 0.938 bits per heavy atom. The fourth-order valence-electron chi connectivity index (χ4n) is 7.34. The largest absolute Gasteiger partial charge is 0.309 e. The molecule has 8 rings (SSSR count). The molecular formula is C44H29N3Si. The Morgan fingerprint density at radius 1 is 0.438 bits per heavy atom. The summed E-state index contributed by atoms with van der Waals surface area (Å²) in [6.45, 7) is 0. The molecule has 0 amide bonds. The SMILES string of the molecule is N#Cc1cc(-c2cc([Si](c3ccccc3)(c3ccccc3)c3ccccc3)ccc2C#N)cc(-n2c3ccccc3c3ccccc32)c1. The summed E-state index contributed by atoms with van der Waals surface area (Å²) >= 11 is 0. The maximum atomic E-state index is 10.5. The molecule has 0 bridgehead atoms. The van der Waals surface area contributed by atoms with Crippen LogP contribution in [0.2, 0.25) is 0 Å². The lowest BCUT2D eigenvalue weighted by atomic mass is 9.98. The lowest BCUT2D eigenvalue weighted by molar-refractivity contribution is 1.18. The fourth-order valence-corrected chi connectivity index (χ4v) is 12.1. The fraction of sp³-hybridized carbons (Fsp3) is 0. The van der Waals surface area contributed by atoms with Crippen molar-refractivity contribution in [1.29, 1.82) is 10.5 Å². The third-order valence-corrected chi connectivity index (χ3v) is 14.2. The van der Waals surface area contributed by atoms with Crippen molar-refractivity contribution in [2.24, 2.45) is 0 Å². The molecule has 0 N–H and O–H groups in total. The molecule has 3 nitrogen and oxygen atoms in total. The van der Waals surface area contributed by atoms with Crippen LogP contribution in [-0.2, 0) is 0 Å². The number of benzene rings is 7. The minimum atomic E-state index is -2.84. The Hall–Kier alpha value is -6.46. The predicted molar refractivity (Wildman–Crippen MR) is 199 cm³/mol. The Morgan fingerprint density at radius 3 is 1.44 bits per heavy atom. The highest BCUT2D eigenvalue weighted by atomic mass is 28.3. The predicted octanol–water partition coefficient (Wildman–Crippen LogP) is 7.57. The van der Waals surface area contributed by atoms with Crippen LogP contribution in [0.15, 0.2) is 176 Å². The van der Waals surface area contributed by atoms with E-state index >= 15 is 0 Å². The van der Waals surface area contributed by atoms with Crippen LogP contribution in [0, 0.1) is 22.7 Å². The molecule has 0 fully saturated rings. The van der Waals surface area contributed by atoms with E-state index in [1.165, 1.54) is 20.7 Å². The van der Waals surface area contributed by atoms with Gasteiger partial charge in [0.05, 0.1) is 34.3 Å². The van der Waals surface area contributed by atoms with E-state index in [1.54, 1.807) is 0 Å². The van der Waals surface area contributed by atoms with Crippen molar-refractivity contribution in [3.05, 3.63) is 187 Å². The summed E-state index contributed by atoms with van der Waals surface area (Å²) < 4.78 is 2.22. The van der Waals surface area contributed by atoms with Crippen LogP contribution in [-0.4, -0.2) is 12.6 Å². The smallest absolute Gasteiger partial charge is 0.179 e. The second kappa shape index (κ2) is 12.0. The first-order chi connectivity index (χ1) is 23.7. The summed E-state index contributed by atoms with van der Waals surface area (Å²) in [7, 11) is -2.84. The zero-order chi connectivity index (χ0) is 32.5. The molecule has 0 aliphatic heterocycles. The highest BCUT2D eigenvalue weighted by Crippen LogP contribution is 2.34. The van der Waals surface area contributed by atoms with Gasteiger partial charge in [-0.05, 0) is 68.3 Å². The van der Waals surface area contributed by atoms with E-state index in [4.69, 9.17) is 0 Å². The Kier molecular flexibility index (Phi) is 7.27. The van der Waals surface area contributed by atoms with E-state index in [2.05, 4.69) is 162 Å². The van der Waals surface area contributed by atoms with Crippen LogP contribution in [0.4, 0.5) is 0 Å². The number of nitriles is 2. The van der Waals surface area contributed by atoms with E-state index < -0.39 is 8.07 Å². The first-order valence-corrected chi connectivity index (χ1v) is 18.0. The van der Waals surface area contributed by atoms with Crippen LogP contribution in [0.25, 0.3) is 38.6 Å². The van der Waals surface area contributed by atoms with Crippen molar-refractivity contribution in [2.75, 3.05) is 0 Å². The molecule has 8 aromatic rings. The van der Waals surface area contributed by atoms with Crippen molar-refractivity contribution >= 4 is 50.6 Å². The maximum Gasteiger partial charge on any atom is 0.179 e. The zero-order valence-electron chi connectivity index (χ0n) is 26.1. The normalized spacial score (nSPS) is 11.3. The monoisotopic (exact) mass is 627 g/mol. The quantitative estimate of drug-likeness (QED) is 0.141. The lowest BCUT2D eigenvalue weighted by Gasteiger charge is -2.34. The summed E-state index contributed by atoms with van der Waals surface area (Å²) in [4.78, 5) is 0. The Bertz CT molecular complexity index is 2370. The first kappa shape index (κ1) is 29.0. The summed E-state index contributed by atoms with van der Waals surface area (Å²) in [5.74, 6) is 0. The average Bonchev–Trinajstić information content (AvgIpc) is 3.51. The Labute approximate surface area is 280 Å². The topological polar surface area (TPSA) is 52.5 Å². The molecule has 0 atom stereocenters. The van der Waals surface area contributed by atoms with Gasteiger partial charge in [-0.15, -0.1) is 0 Å². The summed E-state index contributed by atoms with van der Waals surface area (Å²) in [6.07, 6.45) is 0. The van der Waals surface area contributed by atoms with E-state index in [0.29, 0.717) is 11.1 Å². The van der Waals surface area contributed by atoms with Crippen LogP contribution >= 0.6 is 0 Å². The van der Waals surface area contributed by atoms with Gasteiger partial charge in [-0.25, -0.2) is 0 Å². The van der Waals surface area contributed by atoms with Gasteiger partial charge in [-0.2, -0.15) is 10.5 Å². The van der Waals surface area contributed by atoms with Crippen molar-refractivity contribution in [3.63, 3.8) is 0 Å². The van der Waals surface area contributed by atoms with Crippen LogP contribution in [0.3, 0.4) is 0 Å². The second-order valence-electron chi connectivity index (χ2n) is 12.0. The molecule has 0 radical (unpaired) electrons. The number of aromatic nitrogens is 1. The third-order valence-electron chi connectivity index (χ3n) is 9.39. The second-order valence-corrected chi connectivity index (χ2v) is 15.8. The molecule has 0 unspecified atom stereocenters. The van der Waals surface area contributed by atoms with Gasteiger partial charge in [0.15, 0.2) is 8.07 Å². The van der Waals surface area contributed by atoms with Gasteiger partial charge in [-0.3, -0.25) is 0 Å². The zero-order valence-corrected chi connectivity index (χ0v) is 27.1. The molecule has 7 aromatic carbocycles. The van der Waals surface area contributed by atoms with Crippen LogP contribution in [0.5, 0.6) is 0 Å². The van der Waals surface area contributed by atoms with Gasteiger partial charge in [0.1, 0.15) is 0 Å². The first-order valence-electron chi connectivity index (χ1n) is 16.0. The van der Waals surface area contributed by atoms with Gasteiger partial charge in [-0.1, -0.05) is 140 Å². The van der Waals surface area contributed by atoms with Gasteiger partial charge in [0, 0.05) is 16.5 Å². The molecule has 4 heteroatoms. The van der Waals surface area contributed by atoms with Crippen molar-refractivity contribution in [3.8, 4) is 29.0 Å². The Balaban J connectivity index is 1.43. The molecule has 1 aromatic heterocycles. The summed E-state index contributed by atoms with van der Waals surface area (Å²) in [6, 6.07) is 66.2. The van der Waals surface area contributed by atoms with Gasteiger partial charge >= 0.3 is 0 Å². The van der Waals surface area contributed by atoms with E-state index in [9.17, 15) is 10.5 Å².